The van der Waals surface area contributed by atoms with Gasteiger partial charge in [-0.2, -0.15) is 0 Å². The predicted octanol–water partition coefficient (Wildman–Crippen LogP) is 1.59. The Morgan fingerprint density at radius 3 is 2.55 bits per heavy atom. The summed E-state index contributed by atoms with van der Waals surface area (Å²) in [6.45, 7) is 0.517. The summed E-state index contributed by atoms with van der Waals surface area (Å²) >= 11 is 0. The third kappa shape index (κ3) is 2.35. The molecule has 2 saturated heterocycles. The first-order chi connectivity index (χ1) is 10.8. The Morgan fingerprint density at radius 1 is 1.14 bits per heavy atom. The third-order valence-corrected chi connectivity index (χ3v) is 4.72. The number of hydrogen-bond donors (Lipinski definition) is 0. The van der Waals surface area contributed by atoms with Crippen LogP contribution in [0.3, 0.4) is 0 Å². The number of hydrogen-bond acceptors (Lipinski definition) is 6. The molecule has 7 heteroatoms. The standard InChI is InChI=1S/C15H20N6O/c1-22-10-11-9-20(19-18-11)14-7-12-3-4-13(8-14)21(12)15-16-5-2-6-17-15/h2,5-6,9,12-14H,3-4,7-8,10H2,1H3. The van der Waals surface area contributed by atoms with Crippen LogP contribution >= 0.6 is 0 Å². The summed E-state index contributed by atoms with van der Waals surface area (Å²) in [6, 6.07) is 3.28. The molecule has 2 bridgehead atoms. The highest BCUT2D eigenvalue weighted by molar-refractivity contribution is 5.36. The fourth-order valence-corrected chi connectivity index (χ4v) is 3.82. The predicted molar refractivity (Wildman–Crippen MR) is 80.3 cm³/mol. The number of aromatic nitrogens is 5. The maximum atomic E-state index is 5.12. The van der Waals surface area contributed by atoms with E-state index in [1.54, 1.807) is 7.11 Å². The van der Waals surface area contributed by atoms with Gasteiger partial charge in [-0.15, -0.1) is 5.10 Å². The van der Waals surface area contributed by atoms with Crippen molar-refractivity contribution in [3.63, 3.8) is 0 Å². The van der Waals surface area contributed by atoms with Crippen LogP contribution in [0.15, 0.2) is 24.7 Å². The summed E-state index contributed by atoms with van der Waals surface area (Å²) in [6.07, 6.45) is 10.2. The minimum atomic E-state index is 0.413. The first-order valence-corrected chi connectivity index (χ1v) is 7.80. The zero-order valence-electron chi connectivity index (χ0n) is 12.7. The van der Waals surface area contributed by atoms with Gasteiger partial charge in [0.2, 0.25) is 5.95 Å². The van der Waals surface area contributed by atoms with Gasteiger partial charge in [-0.3, -0.25) is 0 Å². The van der Waals surface area contributed by atoms with Gasteiger partial charge in [-0.1, -0.05) is 5.21 Å². The van der Waals surface area contributed by atoms with Crippen molar-refractivity contribution in [1.29, 1.82) is 0 Å². The molecule has 2 atom stereocenters. The largest absolute Gasteiger partial charge is 0.378 e. The maximum Gasteiger partial charge on any atom is 0.225 e. The second-order valence-corrected chi connectivity index (χ2v) is 6.09. The lowest BCUT2D eigenvalue weighted by Crippen LogP contribution is -2.44. The first kappa shape index (κ1) is 13.6. The van der Waals surface area contributed by atoms with E-state index in [2.05, 4.69) is 25.2 Å². The highest BCUT2D eigenvalue weighted by atomic mass is 16.5. The van der Waals surface area contributed by atoms with Gasteiger partial charge in [0.05, 0.1) is 18.8 Å². The van der Waals surface area contributed by atoms with Gasteiger partial charge in [0.15, 0.2) is 0 Å². The van der Waals surface area contributed by atoms with Crippen LogP contribution in [0.4, 0.5) is 5.95 Å². The lowest BCUT2D eigenvalue weighted by atomic mass is 9.98. The van der Waals surface area contributed by atoms with Crippen molar-refractivity contribution in [2.24, 2.45) is 0 Å². The molecule has 2 fully saturated rings. The van der Waals surface area contributed by atoms with Gasteiger partial charge in [0.25, 0.3) is 0 Å². The average molecular weight is 300 g/mol. The van der Waals surface area contributed by atoms with E-state index in [-0.39, 0.29) is 0 Å². The van der Waals surface area contributed by atoms with Gasteiger partial charge < -0.3 is 9.64 Å². The fourth-order valence-electron chi connectivity index (χ4n) is 3.82. The topological polar surface area (TPSA) is 69.0 Å². The van der Waals surface area contributed by atoms with Crippen molar-refractivity contribution in [2.75, 3.05) is 12.0 Å². The van der Waals surface area contributed by atoms with E-state index in [0.29, 0.717) is 24.7 Å². The third-order valence-electron chi connectivity index (χ3n) is 4.72. The maximum absolute atomic E-state index is 5.12. The van der Waals surface area contributed by atoms with Crippen molar-refractivity contribution in [3.05, 3.63) is 30.4 Å². The molecule has 4 rings (SSSR count). The summed E-state index contributed by atoms with van der Waals surface area (Å²) in [5.41, 5.74) is 0.892. The molecule has 2 aromatic heterocycles. The molecule has 22 heavy (non-hydrogen) atoms. The SMILES string of the molecule is COCc1cn(C2CC3CCC(C2)N3c2ncccn2)nn1. The van der Waals surface area contributed by atoms with Crippen molar-refractivity contribution < 1.29 is 4.74 Å². The molecule has 7 nitrogen and oxygen atoms in total. The van der Waals surface area contributed by atoms with Crippen molar-refractivity contribution in [2.45, 2.75) is 50.4 Å². The molecule has 2 aliphatic heterocycles. The smallest absolute Gasteiger partial charge is 0.225 e. The molecule has 0 saturated carbocycles. The van der Waals surface area contributed by atoms with E-state index in [9.17, 15) is 0 Å². The summed E-state index contributed by atoms with van der Waals surface area (Å²) in [5, 5.41) is 8.47. The number of fused-ring (bicyclic) bond motifs is 2. The zero-order chi connectivity index (χ0) is 14.9. The molecule has 116 valence electrons. The molecule has 0 amide bonds. The quantitative estimate of drug-likeness (QED) is 0.854. The van der Waals surface area contributed by atoms with Crippen molar-refractivity contribution in [3.8, 4) is 0 Å². The Bertz CT molecular complexity index is 616. The molecule has 0 aromatic carbocycles. The highest BCUT2D eigenvalue weighted by Crippen LogP contribution is 2.41. The van der Waals surface area contributed by atoms with Gasteiger partial charge in [0, 0.05) is 31.6 Å². The Balaban J connectivity index is 1.52. The number of ether oxygens (including phenoxy) is 1. The molecular weight excluding hydrogens is 280 g/mol. The molecule has 2 unspecified atom stereocenters. The van der Waals surface area contributed by atoms with E-state index in [1.807, 2.05) is 29.3 Å². The minimum Gasteiger partial charge on any atom is -0.378 e. The lowest BCUT2D eigenvalue weighted by Gasteiger charge is -2.38. The van der Waals surface area contributed by atoms with Gasteiger partial charge in [-0.05, 0) is 31.7 Å². The molecule has 4 heterocycles. The summed E-state index contributed by atoms with van der Waals surface area (Å²) < 4.78 is 7.13. The number of anilines is 1. The normalized spacial score (nSPS) is 27.3. The average Bonchev–Trinajstić information content (AvgIpc) is 3.11. The van der Waals surface area contributed by atoms with Crippen LogP contribution in [-0.2, 0) is 11.3 Å². The summed E-state index contributed by atoms with van der Waals surface area (Å²) in [7, 11) is 1.68. The second-order valence-electron chi connectivity index (χ2n) is 6.09. The van der Waals surface area contributed by atoms with Gasteiger partial charge in [-0.25, -0.2) is 14.6 Å². The van der Waals surface area contributed by atoms with Crippen molar-refractivity contribution in [1.82, 2.24) is 25.0 Å². The van der Waals surface area contributed by atoms with E-state index < -0.39 is 0 Å². The molecule has 2 aliphatic rings. The van der Waals surface area contributed by atoms with Crippen LogP contribution in [0.2, 0.25) is 0 Å². The number of rotatable bonds is 4. The molecule has 0 radical (unpaired) electrons. The van der Waals surface area contributed by atoms with E-state index in [1.165, 1.54) is 12.8 Å². The van der Waals surface area contributed by atoms with E-state index >= 15 is 0 Å². The Labute approximate surface area is 129 Å². The lowest BCUT2D eigenvalue weighted by molar-refractivity contribution is 0.181. The van der Waals surface area contributed by atoms with Crippen LogP contribution in [0, 0.1) is 0 Å². The van der Waals surface area contributed by atoms with Crippen LogP contribution in [0.5, 0.6) is 0 Å². The molecular formula is C15H20N6O. The Morgan fingerprint density at radius 2 is 1.86 bits per heavy atom. The Kier molecular flexibility index (Phi) is 3.49. The fraction of sp³-hybridized carbons (Fsp3) is 0.600. The van der Waals surface area contributed by atoms with Crippen LogP contribution in [-0.4, -0.2) is 44.2 Å². The first-order valence-electron chi connectivity index (χ1n) is 7.80. The molecule has 0 spiro atoms. The molecule has 0 aliphatic carbocycles. The van der Waals surface area contributed by atoms with Crippen LogP contribution in [0.25, 0.3) is 0 Å². The molecule has 0 N–H and O–H groups in total. The summed E-state index contributed by atoms with van der Waals surface area (Å²) in [4.78, 5) is 11.3. The monoisotopic (exact) mass is 300 g/mol. The van der Waals surface area contributed by atoms with E-state index in [4.69, 9.17) is 4.74 Å². The van der Waals surface area contributed by atoms with Crippen molar-refractivity contribution >= 4 is 5.95 Å². The zero-order valence-corrected chi connectivity index (χ0v) is 12.7. The highest BCUT2D eigenvalue weighted by Gasteiger charge is 2.42. The Hall–Kier alpha value is -2.02. The van der Waals surface area contributed by atoms with Gasteiger partial charge >= 0.3 is 0 Å². The number of piperidine rings is 1. The summed E-state index contributed by atoms with van der Waals surface area (Å²) in [5.74, 6) is 0.868. The molecule has 2 aromatic rings. The van der Waals surface area contributed by atoms with Gasteiger partial charge in [0.1, 0.15) is 5.69 Å². The minimum absolute atomic E-state index is 0.413. The van der Waals surface area contributed by atoms with Crippen LogP contribution < -0.4 is 4.90 Å². The van der Waals surface area contributed by atoms with E-state index in [0.717, 1.165) is 24.5 Å². The second kappa shape index (κ2) is 5.64. The number of nitrogens with zero attached hydrogens (tertiary/aromatic N) is 6. The number of methoxy groups -OCH3 is 1. The van der Waals surface area contributed by atoms with Crippen LogP contribution in [0.1, 0.15) is 37.4 Å².